The predicted molar refractivity (Wildman–Crippen MR) is 109 cm³/mol. The summed E-state index contributed by atoms with van der Waals surface area (Å²) in [5.74, 6) is -0.135. The number of hydrogen-bond donors (Lipinski definition) is 2. The Hall–Kier alpha value is -2.53. The summed E-state index contributed by atoms with van der Waals surface area (Å²) in [5, 5.41) is 6.16. The molecule has 2 aromatic carbocycles. The SMILES string of the molecule is Cc1ccc(NC(=O)N[C@H](C(=O)N2CCc3ccccc32)C(C)C)cc1Cl. The van der Waals surface area contributed by atoms with Crippen molar-refractivity contribution < 1.29 is 9.59 Å². The van der Waals surface area contributed by atoms with Gasteiger partial charge >= 0.3 is 6.03 Å². The lowest BCUT2D eigenvalue weighted by Crippen LogP contribution is -2.52. The van der Waals surface area contributed by atoms with Gasteiger partial charge in [0.1, 0.15) is 6.04 Å². The number of halogens is 1. The normalized spacial score (nSPS) is 14.0. The van der Waals surface area contributed by atoms with E-state index in [1.165, 1.54) is 0 Å². The Morgan fingerprint density at radius 3 is 2.59 bits per heavy atom. The highest BCUT2D eigenvalue weighted by Crippen LogP contribution is 2.28. The number of nitrogens with one attached hydrogen (secondary N) is 2. The molecule has 0 saturated heterocycles. The van der Waals surface area contributed by atoms with E-state index < -0.39 is 12.1 Å². The first kappa shape index (κ1) is 19.2. The highest BCUT2D eigenvalue weighted by Gasteiger charge is 2.32. The van der Waals surface area contributed by atoms with Crippen LogP contribution in [0.2, 0.25) is 5.02 Å². The molecule has 5 nitrogen and oxygen atoms in total. The number of nitrogens with zero attached hydrogens (tertiary/aromatic N) is 1. The van der Waals surface area contributed by atoms with Crippen molar-refractivity contribution in [3.63, 3.8) is 0 Å². The highest BCUT2D eigenvalue weighted by atomic mass is 35.5. The largest absolute Gasteiger partial charge is 0.326 e. The zero-order chi connectivity index (χ0) is 19.6. The van der Waals surface area contributed by atoms with Crippen LogP contribution < -0.4 is 15.5 Å². The van der Waals surface area contributed by atoms with Crippen molar-refractivity contribution in [2.45, 2.75) is 33.2 Å². The molecule has 142 valence electrons. The molecule has 0 saturated carbocycles. The molecule has 0 unspecified atom stereocenters. The number of fused-ring (bicyclic) bond motifs is 1. The lowest BCUT2D eigenvalue weighted by Gasteiger charge is -2.27. The average molecular weight is 386 g/mol. The summed E-state index contributed by atoms with van der Waals surface area (Å²) in [6.07, 6.45) is 0.834. The van der Waals surface area contributed by atoms with Crippen LogP contribution in [-0.4, -0.2) is 24.5 Å². The third-order valence-corrected chi connectivity index (χ3v) is 5.21. The zero-order valence-electron chi connectivity index (χ0n) is 15.8. The van der Waals surface area contributed by atoms with Crippen molar-refractivity contribution in [2.75, 3.05) is 16.8 Å². The molecule has 2 aromatic rings. The summed E-state index contributed by atoms with van der Waals surface area (Å²) in [5.41, 5.74) is 3.61. The third-order valence-electron chi connectivity index (χ3n) is 4.80. The van der Waals surface area contributed by atoms with Crippen molar-refractivity contribution in [3.05, 3.63) is 58.6 Å². The van der Waals surface area contributed by atoms with Gasteiger partial charge in [0.05, 0.1) is 0 Å². The van der Waals surface area contributed by atoms with Crippen LogP contribution in [0.5, 0.6) is 0 Å². The Morgan fingerprint density at radius 1 is 1.15 bits per heavy atom. The second kappa shape index (κ2) is 8.01. The van der Waals surface area contributed by atoms with Crippen molar-refractivity contribution in [3.8, 4) is 0 Å². The molecule has 1 aliphatic rings. The lowest BCUT2D eigenvalue weighted by molar-refractivity contribution is -0.121. The van der Waals surface area contributed by atoms with Gasteiger partial charge in [0, 0.05) is 22.9 Å². The molecule has 0 aromatic heterocycles. The molecule has 1 heterocycles. The summed E-state index contributed by atoms with van der Waals surface area (Å²) in [4.78, 5) is 27.3. The number of carbonyl (C=O) groups excluding carboxylic acids is 2. The van der Waals surface area contributed by atoms with Crippen LogP contribution in [0.1, 0.15) is 25.0 Å². The molecule has 6 heteroatoms. The predicted octanol–water partition coefficient (Wildman–Crippen LogP) is 4.38. The quantitative estimate of drug-likeness (QED) is 0.820. The number of hydrogen-bond acceptors (Lipinski definition) is 2. The summed E-state index contributed by atoms with van der Waals surface area (Å²) in [6.45, 7) is 6.38. The van der Waals surface area contributed by atoms with Gasteiger partial charge in [0.15, 0.2) is 0 Å². The topological polar surface area (TPSA) is 61.4 Å². The summed E-state index contributed by atoms with van der Waals surface area (Å²) in [7, 11) is 0. The summed E-state index contributed by atoms with van der Waals surface area (Å²) >= 11 is 6.11. The Balaban J connectivity index is 1.71. The fraction of sp³-hybridized carbons (Fsp3) is 0.333. The standard InChI is InChI=1S/C21H24ClN3O2/c1-13(2)19(20(26)25-11-10-15-6-4-5-7-18(15)25)24-21(27)23-16-9-8-14(3)17(22)12-16/h4-9,12-13,19H,10-11H2,1-3H3,(H2,23,24,27)/t19-/m0/s1. The van der Waals surface area contributed by atoms with E-state index in [9.17, 15) is 9.59 Å². The monoisotopic (exact) mass is 385 g/mol. The van der Waals surface area contributed by atoms with E-state index in [0.717, 1.165) is 23.2 Å². The molecular formula is C21H24ClN3O2. The van der Waals surface area contributed by atoms with Crippen molar-refractivity contribution in [2.24, 2.45) is 5.92 Å². The van der Waals surface area contributed by atoms with E-state index in [1.807, 2.05) is 51.1 Å². The summed E-state index contributed by atoms with van der Waals surface area (Å²) in [6, 6.07) is 12.2. The smallest absolute Gasteiger partial charge is 0.319 e. The minimum absolute atomic E-state index is 0.0439. The lowest BCUT2D eigenvalue weighted by atomic mass is 10.0. The Labute approximate surface area is 164 Å². The summed E-state index contributed by atoms with van der Waals surface area (Å²) < 4.78 is 0. The maximum Gasteiger partial charge on any atom is 0.319 e. The first-order valence-electron chi connectivity index (χ1n) is 9.09. The van der Waals surface area contributed by atoms with Gasteiger partial charge < -0.3 is 15.5 Å². The van der Waals surface area contributed by atoms with Gasteiger partial charge in [-0.2, -0.15) is 0 Å². The number of rotatable bonds is 4. The molecule has 0 fully saturated rings. The van der Waals surface area contributed by atoms with E-state index >= 15 is 0 Å². The van der Waals surface area contributed by atoms with Gasteiger partial charge in [0.2, 0.25) is 5.91 Å². The maximum atomic E-state index is 13.1. The number of carbonyl (C=O) groups is 2. The molecular weight excluding hydrogens is 362 g/mol. The van der Waals surface area contributed by atoms with Crippen LogP contribution >= 0.6 is 11.6 Å². The van der Waals surface area contributed by atoms with Crippen LogP contribution in [0.25, 0.3) is 0 Å². The number of anilines is 2. The number of para-hydroxylation sites is 1. The molecule has 2 N–H and O–H groups in total. The van der Waals surface area contributed by atoms with E-state index in [2.05, 4.69) is 10.6 Å². The molecule has 0 aliphatic carbocycles. The van der Waals surface area contributed by atoms with Crippen LogP contribution in [0, 0.1) is 12.8 Å². The second-order valence-corrected chi connectivity index (χ2v) is 7.56. The van der Waals surface area contributed by atoms with Gasteiger partial charge in [-0.1, -0.05) is 49.7 Å². The Morgan fingerprint density at radius 2 is 1.89 bits per heavy atom. The molecule has 0 bridgehead atoms. The van der Waals surface area contributed by atoms with E-state index in [4.69, 9.17) is 11.6 Å². The van der Waals surface area contributed by atoms with Gasteiger partial charge in [0.25, 0.3) is 0 Å². The minimum atomic E-state index is -0.614. The van der Waals surface area contributed by atoms with Crippen molar-refractivity contribution >= 4 is 34.9 Å². The van der Waals surface area contributed by atoms with Crippen molar-refractivity contribution in [1.29, 1.82) is 0 Å². The van der Waals surface area contributed by atoms with Crippen LogP contribution in [-0.2, 0) is 11.2 Å². The molecule has 1 atom stereocenters. The molecule has 1 aliphatic heterocycles. The first-order chi connectivity index (χ1) is 12.9. The zero-order valence-corrected chi connectivity index (χ0v) is 16.5. The van der Waals surface area contributed by atoms with Gasteiger partial charge in [-0.25, -0.2) is 4.79 Å². The second-order valence-electron chi connectivity index (χ2n) is 7.15. The first-order valence-corrected chi connectivity index (χ1v) is 9.47. The molecule has 0 spiro atoms. The van der Waals surface area contributed by atoms with Gasteiger partial charge in [-0.15, -0.1) is 0 Å². The fourth-order valence-corrected chi connectivity index (χ4v) is 3.41. The fourth-order valence-electron chi connectivity index (χ4n) is 3.23. The molecule has 3 rings (SSSR count). The molecule has 27 heavy (non-hydrogen) atoms. The van der Waals surface area contributed by atoms with Gasteiger partial charge in [-0.3, -0.25) is 4.79 Å². The number of benzene rings is 2. The number of urea groups is 1. The van der Waals surface area contributed by atoms with E-state index in [0.29, 0.717) is 17.3 Å². The number of aryl methyl sites for hydroxylation is 1. The van der Waals surface area contributed by atoms with Crippen LogP contribution in [0.3, 0.4) is 0 Å². The van der Waals surface area contributed by atoms with Crippen molar-refractivity contribution in [1.82, 2.24) is 5.32 Å². The Bertz CT molecular complexity index is 866. The van der Waals surface area contributed by atoms with E-state index in [-0.39, 0.29) is 11.8 Å². The molecule has 3 amide bonds. The molecule has 0 radical (unpaired) electrons. The highest BCUT2D eigenvalue weighted by molar-refractivity contribution is 6.31. The van der Waals surface area contributed by atoms with Gasteiger partial charge in [-0.05, 0) is 48.6 Å². The minimum Gasteiger partial charge on any atom is -0.326 e. The maximum absolute atomic E-state index is 13.1. The average Bonchev–Trinajstić information content (AvgIpc) is 3.06. The Kier molecular flexibility index (Phi) is 5.71. The van der Waals surface area contributed by atoms with Crippen LogP contribution in [0.15, 0.2) is 42.5 Å². The third kappa shape index (κ3) is 4.25. The van der Waals surface area contributed by atoms with Crippen LogP contribution in [0.4, 0.5) is 16.2 Å². The number of amides is 3. The van der Waals surface area contributed by atoms with E-state index in [1.54, 1.807) is 17.0 Å².